The number of para-hydroxylation sites is 1. The Labute approximate surface area is 198 Å². The maximum atomic E-state index is 12.5. The van der Waals surface area contributed by atoms with Gasteiger partial charge in [-0.2, -0.15) is 0 Å². The topological polar surface area (TPSA) is 78.3 Å². The third kappa shape index (κ3) is 6.07. The van der Waals surface area contributed by atoms with Gasteiger partial charge in [-0.05, 0) is 55.7 Å². The van der Waals surface area contributed by atoms with E-state index in [4.69, 9.17) is 9.47 Å². The van der Waals surface area contributed by atoms with Crippen LogP contribution in [0.1, 0.15) is 43.5 Å². The molecule has 1 heterocycles. The van der Waals surface area contributed by atoms with E-state index in [9.17, 15) is 4.79 Å². The van der Waals surface area contributed by atoms with Crippen molar-refractivity contribution in [1.82, 2.24) is 20.1 Å². The van der Waals surface area contributed by atoms with Crippen LogP contribution in [0.15, 0.2) is 53.7 Å². The fraction of sp³-hybridized carbons (Fsp3) is 0.400. The number of carbonyl (C=O) groups excluding carboxylic acids is 1. The molecule has 0 atom stereocenters. The Morgan fingerprint density at radius 2 is 1.79 bits per heavy atom. The van der Waals surface area contributed by atoms with Crippen LogP contribution in [-0.2, 0) is 11.4 Å². The largest absolute Gasteiger partial charge is 0.497 e. The van der Waals surface area contributed by atoms with E-state index in [0.29, 0.717) is 22.8 Å². The lowest BCUT2D eigenvalue weighted by molar-refractivity contribution is -0.119. The van der Waals surface area contributed by atoms with Gasteiger partial charge in [-0.25, -0.2) is 0 Å². The number of aromatic nitrogens is 3. The predicted molar refractivity (Wildman–Crippen MR) is 129 cm³/mol. The molecule has 0 aliphatic heterocycles. The molecule has 7 nitrogen and oxygen atoms in total. The monoisotopic (exact) mass is 466 g/mol. The Hall–Kier alpha value is -3.00. The minimum atomic E-state index is 0.0438. The molecule has 1 aliphatic carbocycles. The Kier molecular flexibility index (Phi) is 7.88. The molecular weight excluding hydrogens is 436 g/mol. The molecule has 33 heavy (non-hydrogen) atoms. The highest BCUT2D eigenvalue weighted by Crippen LogP contribution is 2.26. The molecule has 0 saturated heterocycles. The molecule has 0 unspecified atom stereocenters. The molecule has 1 aromatic heterocycles. The van der Waals surface area contributed by atoms with Crippen LogP contribution in [0.4, 0.5) is 0 Å². The molecule has 2 aromatic carbocycles. The smallest absolute Gasteiger partial charge is 0.230 e. The maximum absolute atomic E-state index is 12.5. The molecule has 3 aromatic rings. The second-order valence-corrected chi connectivity index (χ2v) is 9.12. The van der Waals surface area contributed by atoms with Gasteiger partial charge in [-0.1, -0.05) is 49.2 Å². The summed E-state index contributed by atoms with van der Waals surface area (Å²) in [6.07, 6.45) is 5.79. The first kappa shape index (κ1) is 23.2. The van der Waals surface area contributed by atoms with E-state index >= 15 is 0 Å². The van der Waals surface area contributed by atoms with Crippen LogP contribution in [0.2, 0.25) is 0 Å². The summed E-state index contributed by atoms with van der Waals surface area (Å²) >= 11 is 1.40. The van der Waals surface area contributed by atoms with E-state index in [1.54, 1.807) is 7.11 Å². The average molecular weight is 467 g/mol. The van der Waals surface area contributed by atoms with Crippen molar-refractivity contribution >= 4 is 17.7 Å². The fourth-order valence-electron chi connectivity index (χ4n) is 4.01. The van der Waals surface area contributed by atoms with Gasteiger partial charge in [-0.15, -0.1) is 10.2 Å². The van der Waals surface area contributed by atoms with Crippen LogP contribution in [-0.4, -0.2) is 39.6 Å². The van der Waals surface area contributed by atoms with Crippen molar-refractivity contribution in [3.05, 3.63) is 59.9 Å². The van der Waals surface area contributed by atoms with Crippen LogP contribution < -0.4 is 14.8 Å². The zero-order valence-electron chi connectivity index (χ0n) is 19.1. The summed E-state index contributed by atoms with van der Waals surface area (Å²) in [5, 5.41) is 12.6. The van der Waals surface area contributed by atoms with E-state index in [-0.39, 0.29) is 12.5 Å². The lowest BCUT2D eigenvalue weighted by atomic mass is 9.95. The highest BCUT2D eigenvalue weighted by atomic mass is 32.2. The Morgan fingerprint density at radius 1 is 1.06 bits per heavy atom. The number of rotatable bonds is 9. The van der Waals surface area contributed by atoms with Gasteiger partial charge in [-0.3, -0.25) is 9.36 Å². The fourth-order valence-corrected chi connectivity index (χ4v) is 4.78. The van der Waals surface area contributed by atoms with Crippen LogP contribution in [0.3, 0.4) is 0 Å². The van der Waals surface area contributed by atoms with Crippen molar-refractivity contribution in [2.45, 2.75) is 56.8 Å². The minimum Gasteiger partial charge on any atom is -0.497 e. The van der Waals surface area contributed by atoms with Crippen molar-refractivity contribution in [1.29, 1.82) is 0 Å². The van der Waals surface area contributed by atoms with Crippen molar-refractivity contribution < 1.29 is 14.3 Å². The number of aryl methyl sites for hydroxylation is 1. The number of amides is 1. The van der Waals surface area contributed by atoms with E-state index in [1.165, 1.54) is 31.0 Å². The first-order valence-corrected chi connectivity index (χ1v) is 12.3. The Bertz CT molecular complexity index is 1060. The highest BCUT2D eigenvalue weighted by molar-refractivity contribution is 7.99. The number of benzene rings is 2. The Morgan fingerprint density at radius 3 is 2.52 bits per heavy atom. The quantitative estimate of drug-likeness (QED) is 0.461. The van der Waals surface area contributed by atoms with Crippen LogP contribution in [0.5, 0.6) is 11.5 Å². The van der Waals surface area contributed by atoms with Gasteiger partial charge in [0.1, 0.15) is 18.1 Å². The minimum absolute atomic E-state index is 0.0438. The van der Waals surface area contributed by atoms with Crippen molar-refractivity contribution in [3.8, 4) is 17.2 Å². The molecule has 0 spiro atoms. The average Bonchev–Trinajstić information content (AvgIpc) is 3.25. The van der Waals surface area contributed by atoms with Crippen LogP contribution >= 0.6 is 11.8 Å². The number of carbonyl (C=O) groups is 1. The molecule has 0 bridgehead atoms. The molecule has 8 heteroatoms. The second-order valence-electron chi connectivity index (χ2n) is 8.18. The summed E-state index contributed by atoms with van der Waals surface area (Å²) in [4.78, 5) is 12.5. The van der Waals surface area contributed by atoms with Crippen molar-refractivity contribution in [2.75, 3.05) is 12.9 Å². The van der Waals surface area contributed by atoms with E-state index in [0.717, 1.165) is 35.6 Å². The van der Waals surface area contributed by atoms with Gasteiger partial charge in [0, 0.05) is 6.04 Å². The Balaban J connectivity index is 1.48. The van der Waals surface area contributed by atoms with Gasteiger partial charge in [0.15, 0.2) is 11.0 Å². The summed E-state index contributed by atoms with van der Waals surface area (Å²) in [6.45, 7) is 2.30. The number of methoxy groups -OCH3 is 1. The molecular formula is C25H30N4O3S. The molecule has 1 N–H and O–H groups in total. The lowest BCUT2D eigenvalue weighted by Crippen LogP contribution is -2.37. The SMILES string of the molecule is COc1ccc(OCc2nnc(SCC(=O)NC3CCCCC3)n2-c2ccccc2C)cc1. The maximum Gasteiger partial charge on any atom is 0.230 e. The molecule has 0 radical (unpaired) electrons. The zero-order valence-corrected chi connectivity index (χ0v) is 19.9. The first-order valence-electron chi connectivity index (χ1n) is 11.3. The summed E-state index contributed by atoms with van der Waals surface area (Å²) in [5.41, 5.74) is 2.07. The lowest BCUT2D eigenvalue weighted by Gasteiger charge is -2.22. The van der Waals surface area contributed by atoms with Crippen LogP contribution in [0.25, 0.3) is 5.69 Å². The van der Waals surface area contributed by atoms with Gasteiger partial charge >= 0.3 is 0 Å². The number of hydrogen-bond donors (Lipinski definition) is 1. The number of nitrogens with one attached hydrogen (secondary N) is 1. The van der Waals surface area contributed by atoms with E-state index in [1.807, 2.05) is 60.0 Å². The van der Waals surface area contributed by atoms with Crippen LogP contribution in [0, 0.1) is 6.92 Å². The van der Waals surface area contributed by atoms with E-state index < -0.39 is 0 Å². The van der Waals surface area contributed by atoms with Crippen molar-refractivity contribution in [3.63, 3.8) is 0 Å². The van der Waals surface area contributed by atoms with E-state index in [2.05, 4.69) is 15.5 Å². The standard InChI is InChI=1S/C25H30N4O3S/c1-18-8-6-7-11-22(18)29-23(16-32-21-14-12-20(31-2)13-15-21)27-28-25(29)33-17-24(30)26-19-9-4-3-5-10-19/h6-8,11-15,19H,3-5,9-10,16-17H2,1-2H3,(H,26,30). The first-order chi connectivity index (χ1) is 16.1. The molecule has 174 valence electrons. The second kappa shape index (κ2) is 11.2. The zero-order chi connectivity index (χ0) is 23.0. The van der Waals surface area contributed by atoms with Crippen molar-refractivity contribution in [2.24, 2.45) is 0 Å². The third-order valence-electron chi connectivity index (χ3n) is 5.79. The van der Waals surface area contributed by atoms with Gasteiger partial charge < -0.3 is 14.8 Å². The normalized spacial score (nSPS) is 14.1. The number of ether oxygens (including phenoxy) is 2. The van der Waals surface area contributed by atoms with Gasteiger partial charge in [0.2, 0.25) is 5.91 Å². The molecule has 1 saturated carbocycles. The summed E-state index contributed by atoms with van der Waals surface area (Å²) < 4.78 is 13.2. The number of nitrogens with zero attached hydrogens (tertiary/aromatic N) is 3. The molecule has 1 amide bonds. The number of hydrogen-bond acceptors (Lipinski definition) is 6. The predicted octanol–water partition coefficient (Wildman–Crippen LogP) is 4.70. The van der Waals surface area contributed by atoms with Gasteiger partial charge in [0.25, 0.3) is 0 Å². The molecule has 4 rings (SSSR count). The molecule has 1 aliphatic rings. The summed E-state index contributed by atoms with van der Waals surface area (Å²) in [5.74, 6) is 2.52. The highest BCUT2D eigenvalue weighted by Gasteiger charge is 2.20. The molecule has 1 fully saturated rings. The third-order valence-corrected chi connectivity index (χ3v) is 6.72. The van der Waals surface area contributed by atoms with Gasteiger partial charge in [0.05, 0.1) is 18.6 Å². The summed E-state index contributed by atoms with van der Waals surface area (Å²) in [7, 11) is 1.63. The number of thioether (sulfide) groups is 1. The summed E-state index contributed by atoms with van der Waals surface area (Å²) in [6, 6.07) is 15.8.